The van der Waals surface area contributed by atoms with Crippen molar-refractivity contribution in [3.8, 4) is 0 Å². The maximum absolute atomic E-state index is 11.9. The Morgan fingerprint density at radius 2 is 1.65 bits per heavy atom. The van der Waals surface area contributed by atoms with Gasteiger partial charge in [0.15, 0.2) is 0 Å². The molecule has 7 heteroatoms. The summed E-state index contributed by atoms with van der Waals surface area (Å²) in [5, 5.41) is 8.53. The normalized spacial score (nSPS) is 15.6. The first-order valence-electron chi connectivity index (χ1n) is 6.53. The van der Waals surface area contributed by atoms with Gasteiger partial charge in [0, 0.05) is 37.6 Å². The number of piperazine rings is 1. The minimum Gasteiger partial charge on any atom is -0.351 e. The van der Waals surface area contributed by atoms with Gasteiger partial charge >= 0.3 is 6.03 Å². The van der Waals surface area contributed by atoms with Gasteiger partial charge in [-0.25, -0.2) is 4.79 Å². The molecule has 0 aliphatic carbocycles. The van der Waals surface area contributed by atoms with E-state index in [2.05, 4.69) is 20.9 Å². The van der Waals surface area contributed by atoms with Gasteiger partial charge in [0.2, 0.25) is 5.91 Å². The van der Waals surface area contributed by atoms with E-state index in [1.54, 1.807) is 24.3 Å². The van der Waals surface area contributed by atoms with Gasteiger partial charge in [-0.3, -0.25) is 9.69 Å². The number of anilines is 2. The van der Waals surface area contributed by atoms with Crippen LogP contribution in [0.25, 0.3) is 0 Å². The van der Waals surface area contributed by atoms with E-state index in [1.165, 1.54) is 0 Å². The average molecular weight is 277 g/mol. The Balaban J connectivity index is 1.82. The maximum Gasteiger partial charge on any atom is 0.316 e. The summed E-state index contributed by atoms with van der Waals surface area (Å²) < 4.78 is 0. The minimum atomic E-state index is -0.611. The largest absolute Gasteiger partial charge is 0.351 e. The Morgan fingerprint density at radius 3 is 2.20 bits per heavy atom. The van der Waals surface area contributed by atoms with Crippen molar-refractivity contribution in [2.45, 2.75) is 0 Å². The van der Waals surface area contributed by atoms with Gasteiger partial charge in [-0.1, -0.05) is 0 Å². The number of nitrogens with two attached hydrogens (primary N) is 1. The lowest BCUT2D eigenvalue weighted by Gasteiger charge is -2.26. The van der Waals surface area contributed by atoms with Crippen LogP contribution in [0.15, 0.2) is 24.3 Å². The summed E-state index contributed by atoms with van der Waals surface area (Å²) in [6, 6.07) is 6.21. The molecule has 1 fully saturated rings. The van der Waals surface area contributed by atoms with E-state index in [0.717, 1.165) is 26.2 Å². The second-order valence-corrected chi connectivity index (χ2v) is 4.64. The molecule has 1 aromatic carbocycles. The molecule has 0 unspecified atom stereocenters. The van der Waals surface area contributed by atoms with Gasteiger partial charge in [0.25, 0.3) is 0 Å². The van der Waals surface area contributed by atoms with Crippen molar-refractivity contribution in [3.63, 3.8) is 0 Å². The molecule has 2 rings (SSSR count). The van der Waals surface area contributed by atoms with Crippen LogP contribution in [0.2, 0.25) is 0 Å². The summed E-state index contributed by atoms with van der Waals surface area (Å²) in [5.41, 5.74) is 6.31. The third-order valence-corrected chi connectivity index (χ3v) is 3.01. The molecular weight excluding hydrogens is 258 g/mol. The molecule has 1 aliphatic rings. The molecule has 5 N–H and O–H groups in total. The number of carbonyl (C=O) groups is 2. The first kappa shape index (κ1) is 14.3. The van der Waals surface area contributed by atoms with E-state index in [0.29, 0.717) is 17.9 Å². The fraction of sp³-hybridized carbons (Fsp3) is 0.385. The summed E-state index contributed by atoms with van der Waals surface area (Å²) in [7, 11) is 0. The molecule has 0 aromatic heterocycles. The summed E-state index contributed by atoms with van der Waals surface area (Å²) in [6.07, 6.45) is 0. The molecule has 0 saturated carbocycles. The highest BCUT2D eigenvalue weighted by molar-refractivity contribution is 5.93. The number of amides is 3. The van der Waals surface area contributed by atoms with Gasteiger partial charge in [-0.05, 0) is 24.3 Å². The van der Waals surface area contributed by atoms with Crippen molar-refractivity contribution in [1.82, 2.24) is 10.2 Å². The number of primary amides is 1. The fourth-order valence-electron chi connectivity index (χ4n) is 2.05. The molecule has 0 atom stereocenters. The molecule has 7 nitrogen and oxygen atoms in total. The number of nitrogens with one attached hydrogen (secondary N) is 3. The van der Waals surface area contributed by atoms with Crippen molar-refractivity contribution >= 4 is 23.3 Å². The van der Waals surface area contributed by atoms with Gasteiger partial charge in [0.1, 0.15) is 0 Å². The number of nitrogens with zero attached hydrogens (tertiary/aromatic N) is 1. The van der Waals surface area contributed by atoms with Crippen molar-refractivity contribution in [2.24, 2.45) is 5.73 Å². The lowest BCUT2D eigenvalue weighted by Crippen LogP contribution is -2.46. The van der Waals surface area contributed by atoms with Gasteiger partial charge in [-0.2, -0.15) is 0 Å². The van der Waals surface area contributed by atoms with Crippen molar-refractivity contribution in [2.75, 3.05) is 43.4 Å². The fourth-order valence-corrected chi connectivity index (χ4v) is 2.05. The quantitative estimate of drug-likeness (QED) is 0.623. The minimum absolute atomic E-state index is 0.0393. The van der Waals surface area contributed by atoms with Crippen LogP contribution in [0.1, 0.15) is 0 Å². The molecule has 0 spiro atoms. The predicted molar refractivity (Wildman–Crippen MR) is 77.6 cm³/mol. The van der Waals surface area contributed by atoms with E-state index in [-0.39, 0.29) is 5.91 Å². The molecule has 0 radical (unpaired) electrons. The number of rotatable bonds is 4. The first-order chi connectivity index (χ1) is 9.63. The molecule has 0 bridgehead atoms. The van der Waals surface area contributed by atoms with Crippen LogP contribution in [0, 0.1) is 0 Å². The zero-order chi connectivity index (χ0) is 14.4. The van der Waals surface area contributed by atoms with Crippen LogP contribution < -0.4 is 21.7 Å². The zero-order valence-electron chi connectivity index (χ0n) is 11.2. The van der Waals surface area contributed by atoms with Crippen molar-refractivity contribution in [3.05, 3.63) is 24.3 Å². The molecular formula is C13H19N5O2. The number of carbonyl (C=O) groups excluding carboxylic acids is 2. The van der Waals surface area contributed by atoms with Gasteiger partial charge in [0.05, 0.1) is 6.54 Å². The molecule has 1 heterocycles. The van der Waals surface area contributed by atoms with Crippen LogP contribution in [0.3, 0.4) is 0 Å². The van der Waals surface area contributed by atoms with Gasteiger partial charge in [-0.15, -0.1) is 0 Å². The molecule has 20 heavy (non-hydrogen) atoms. The van der Waals surface area contributed by atoms with E-state index in [1.807, 2.05) is 0 Å². The summed E-state index contributed by atoms with van der Waals surface area (Å²) in [5.74, 6) is -0.0393. The Hall–Kier alpha value is -2.12. The van der Waals surface area contributed by atoms with Crippen LogP contribution in [-0.2, 0) is 4.79 Å². The second kappa shape index (κ2) is 6.88. The monoisotopic (exact) mass is 277 g/mol. The Morgan fingerprint density at radius 1 is 1.10 bits per heavy atom. The van der Waals surface area contributed by atoms with E-state index >= 15 is 0 Å². The van der Waals surface area contributed by atoms with Crippen molar-refractivity contribution < 1.29 is 9.59 Å². The predicted octanol–water partition coefficient (Wildman–Crippen LogP) is 0.0209. The molecule has 1 aromatic rings. The maximum atomic E-state index is 11.9. The Labute approximate surface area is 117 Å². The number of urea groups is 1. The second-order valence-electron chi connectivity index (χ2n) is 4.64. The molecule has 3 amide bonds. The topological polar surface area (TPSA) is 99.5 Å². The van der Waals surface area contributed by atoms with Crippen LogP contribution in [0.5, 0.6) is 0 Å². The number of benzene rings is 1. The zero-order valence-corrected chi connectivity index (χ0v) is 11.2. The number of hydrogen-bond donors (Lipinski definition) is 4. The Bertz CT molecular complexity index is 468. The summed E-state index contributed by atoms with van der Waals surface area (Å²) in [4.78, 5) is 24.7. The Kier molecular flexibility index (Phi) is 4.91. The highest BCUT2D eigenvalue weighted by Crippen LogP contribution is 2.13. The number of hydrogen-bond acceptors (Lipinski definition) is 4. The van der Waals surface area contributed by atoms with E-state index in [4.69, 9.17) is 5.73 Å². The SMILES string of the molecule is NC(=O)Nc1ccc(NC(=O)CN2CCNCC2)cc1. The highest BCUT2D eigenvalue weighted by Gasteiger charge is 2.13. The van der Waals surface area contributed by atoms with Crippen molar-refractivity contribution in [1.29, 1.82) is 0 Å². The third kappa shape index (κ3) is 4.52. The highest BCUT2D eigenvalue weighted by atomic mass is 16.2. The molecule has 108 valence electrons. The lowest BCUT2D eigenvalue weighted by molar-refractivity contribution is -0.117. The van der Waals surface area contributed by atoms with Gasteiger partial charge < -0.3 is 21.7 Å². The smallest absolute Gasteiger partial charge is 0.316 e. The summed E-state index contributed by atoms with van der Waals surface area (Å²) in [6.45, 7) is 3.99. The molecule has 1 aliphatic heterocycles. The van der Waals surface area contributed by atoms with E-state index < -0.39 is 6.03 Å². The summed E-state index contributed by atoms with van der Waals surface area (Å²) >= 11 is 0. The molecule has 1 saturated heterocycles. The van der Waals surface area contributed by atoms with Crippen LogP contribution in [-0.4, -0.2) is 49.6 Å². The lowest BCUT2D eigenvalue weighted by atomic mass is 10.2. The van der Waals surface area contributed by atoms with E-state index in [9.17, 15) is 9.59 Å². The van der Waals surface area contributed by atoms with Crippen LogP contribution in [0.4, 0.5) is 16.2 Å². The van der Waals surface area contributed by atoms with Crippen LogP contribution >= 0.6 is 0 Å². The first-order valence-corrected chi connectivity index (χ1v) is 6.53. The average Bonchev–Trinajstić information content (AvgIpc) is 2.41. The standard InChI is InChI=1S/C13H19N5O2/c14-13(20)17-11-3-1-10(2-4-11)16-12(19)9-18-7-5-15-6-8-18/h1-4,15H,5-9H2,(H,16,19)(H3,14,17,20). The third-order valence-electron chi connectivity index (χ3n) is 3.01.